The summed E-state index contributed by atoms with van der Waals surface area (Å²) in [5, 5.41) is 20.2. The molecule has 3 rings (SSSR count). The van der Waals surface area contributed by atoms with Gasteiger partial charge >= 0.3 is 0 Å². The number of H-pyrrole nitrogens is 1. The topological polar surface area (TPSA) is 77.1 Å². The van der Waals surface area contributed by atoms with Crippen LogP contribution in [0.5, 0.6) is 5.75 Å². The largest absolute Gasteiger partial charge is 0.508 e. The first kappa shape index (κ1) is 12.9. The Kier molecular flexibility index (Phi) is 3.31. The maximum Gasteiger partial charge on any atom is 0.245 e. The van der Waals surface area contributed by atoms with Crippen molar-refractivity contribution in [2.45, 2.75) is 19.9 Å². The minimum absolute atomic E-state index is 0.296. The van der Waals surface area contributed by atoms with E-state index in [1.54, 1.807) is 6.07 Å². The number of phenolic OH excluding ortho intramolecular Hbond substituents is 1. The number of hydrogen-bond donors (Lipinski definition) is 3. The average Bonchev–Trinajstić information content (AvgIpc) is 2.92. The van der Waals surface area contributed by atoms with E-state index < -0.39 is 0 Å². The highest BCUT2D eigenvalue weighted by atomic mass is 16.3. The molecule has 1 atom stereocenters. The van der Waals surface area contributed by atoms with Gasteiger partial charge in [0, 0.05) is 31.2 Å². The molecule has 20 heavy (non-hydrogen) atoms. The number of rotatable bonds is 2. The van der Waals surface area contributed by atoms with Gasteiger partial charge in [0.25, 0.3) is 0 Å². The molecule has 0 radical (unpaired) electrons. The van der Waals surface area contributed by atoms with Gasteiger partial charge in [-0.1, -0.05) is 0 Å². The van der Waals surface area contributed by atoms with Crippen LogP contribution in [0.25, 0.3) is 11.4 Å². The molecule has 0 spiro atoms. The fourth-order valence-electron chi connectivity index (χ4n) is 2.44. The van der Waals surface area contributed by atoms with E-state index >= 15 is 0 Å². The summed E-state index contributed by atoms with van der Waals surface area (Å²) in [5.74, 6) is 1.76. The smallest absolute Gasteiger partial charge is 0.245 e. The minimum Gasteiger partial charge on any atom is -0.508 e. The number of benzene rings is 1. The lowest BCUT2D eigenvalue weighted by Crippen LogP contribution is -2.49. The number of phenols is 1. The van der Waals surface area contributed by atoms with Crippen LogP contribution in [-0.4, -0.2) is 46.0 Å². The normalized spacial score (nSPS) is 19.3. The number of aryl methyl sites for hydroxylation is 1. The van der Waals surface area contributed by atoms with Gasteiger partial charge in [0.1, 0.15) is 5.75 Å². The van der Waals surface area contributed by atoms with Crippen LogP contribution in [0.2, 0.25) is 0 Å². The number of aromatic nitrogens is 3. The molecule has 2 heterocycles. The molecule has 0 bridgehead atoms. The molecule has 1 fully saturated rings. The monoisotopic (exact) mass is 273 g/mol. The van der Waals surface area contributed by atoms with Gasteiger partial charge in [0.2, 0.25) is 5.95 Å². The van der Waals surface area contributed by atoms with Crippen molar-refractivity contribution in [2.24, 2.45) is 0 Å². The van der Waals surface area contributed by atoms with Crippen LogP contribution in [0.3, 0.4) is 0 Å². The highest BCUT2D eigenvalue weighted by Gasteiger charge is 2.19. The quantitative estimate of drug-likeness (QED) is 0.768. The second-order valence-corrected chi connectivity index (χ2v) is 5.29. The number of nitrogens with one attached hydrogen (secondary N) is 2. The molecule has 1 saturated heterocycles. The molecule has 106 valence electrons. The van der Waals surface area contributed by atoms with Crippen LogP contribution >= 0.6 is 0 Å². The summed E-state index contributed by atoms with van der Waals surface area (Å²) in [6.45, 7) is 6.79. The molecule has 1 aliphatic heterocycles. The molecule has 0 saturated carbocycles. The lowest BCUT2D eigenvalue weighted by molar-refractivity contribution is 0.471. The fourth-order valence-corrected chi connectivity index (χ4v) is 2.44. The van der Waals surface area contributed by atoms with Gasteiger partial charge in [-0.3, -0.25) is 5.10 Å². The maximum atomic E-state index is 9.57. The lowest BCUT2D eigenvalue weighted by atomic mass is 10.1. The highest BCUT2D eigenvalue weighted by Crippen LogP contribution is 2.24. The lowest BCUT2D eigenvalue weighted by Gasteiger charge is -2.30. The zero-order valence-electron chi connectivity index (χ0n) is 11.7. The summed E-state index contributed by atoms with van der Waals surface area (Å²) in [6, 6.07) is 5.87. The van der Waals surface area contributed by atoms with E-state index in [0.717, 1.165) is 42.5 Å². The van der Waals surface area contributed by atoms with Crippen LogP contribution in [0.1, 0.15) is 12.5 Å². The maximum absolute atomic E-state index is 9.57. The van der Waals surface area contributed by atoms with Gasteiger partial charge in [-0.25, -0.2) is 0 Å². The van der Waals surface area contributed by atoms with Crippen molar-refractivity contribution in [3.05, 3.63) is 23.8 Å². The summed E-state index contributed by atoms with van der Waals surface area (Å²) in [7, 11) is 0. The Hall–Kier alpha value is -2.08. The Morgan fingerprint density at radius 1 is 1.40 bits per heavy atom. The fraction of sp³-hybridized carbons (Fsp3) is 0.429. The Morgan fingerprint density at radius 3 is 3.00 bits per heavy atom. The molecule has 1 aromatic carbocycles. The van der Waals surface area contributed by atoms with Crippen LogP contribution in [-0.2, 0) is 0 Å². The molecular weight excluding hydrogens is 254 g/mol. The number of hydrogen-bond acceptors (Lipinski definition) is 5. The van der Waals surface area contributed by atoms with Gasteiger partial charge in [0.05, 0.1) is 0 Å². The van der Waals surface area contributed by atoms with Crippen molar-refractivity contribution in [1.29, 1.82) is 0 Å². The van der Waals surface area contributed by atoms with E-state index in [0.29, 0.717) is 11.8 Å². The standard InChI is InChI=1S/C14H19N5O/c1-9-7-11(3-4-12(9)20)13-16-14(18-17-13)19-6-5-15-10(2)8-19/h3-4,7,10,15,20H,5-6,8H2,1-2H3,(H,16,17,18)/t10-/m1/s1. The predicted octanol–water partition coefficient (Wildman–Crippen LogP) is 1.28. The van der Waals surface area contributed by atoms with Crippen molar-refractivity contribution in [3.63, 3.8) is 0 Å². The van der Waals surface area contributed by atoms with Gasteiger partial charge in [-0.05, 0) is 37.6 Å². The molecule has 6 heteroatoms. The summed E-state index contributed by atoms with van der Waals surface area (Å²) < 4.78 is 0. The molecule has 0 amide bonds. The summed E-state index contributed by atoms with van der Waals surface area (Å²) in [4.78, 5) is 6.73. The second kappa shape index (κ2) is 5.13. The summed E-state index contributed by atoms with van der Waals surface area (Å²) in [5.41, 5.74) is 1.76. The van der Waals surface area contributed by atoms with Crippen LogP contribution in [0.15, 0.2) is 18.2 Å². The van der Waals surface area contributed by atoms with Crippen molar-refractivity contribution in [3.8, 4) is 17.1 Å². The van der Waals surface area contributed by atoms with Gasteiger partial charge in [-0.15, -0.1) is 5.10 Å². The molecule has 6 nitrogen and oxygen atoms in total. The third kappa shape index (κ3) is 2.46. The van der Waals surface area contributed by atoms with Gasteiger partial charge < -0.3 is 15.3 Å². The number of aromatic hydroxyl groups is 1. The molecule has 1 aromatic heterocycles. The molecule has 0 aliphatic carbocycles. The Bertz CT molecular complexity index is 609. The summed E-state index contributed by atoms with van der Waals surface area (Å²) in [6.07, 6.45) is 0. The van der Waals surface area contributed by atoms with E-state index in [1.165, 1.54) is 0 Å². The van der Waals surface area contributed by atoms with E-state index in [9.17, 15) is 5.11 Å². The summed E-state index contributed by atoms with van der Waals surface area (Å²) >= 11 is 0. The number of nitrogens with zero attached hydrogens (tertiary/aromatic N) is 3. The van der Waals surface area contributed by atoms with E-state index in [4.69, 9.17) is 0 Å². The van der Waals surface area contributed by atoms with Crippen molar-refractivity contribution < 1.29 is 5.11 Å². The van der Waals surface area contributed by atoms with Crippen molar-refractivity contribution >= 4 is 5.95 Å². The third-order valence-corrected chi connectivity index (χ3v) is 3.60. The molecule has 2 aromatic rings. The SMILES string of the molecule is Cc1cc(-c2nc(N3CCN[C@H](C)C3)n[nH]2)ccc1O. The van der Waals surface area contributed by atoms with E-state index in [-0.39, 0.29) is 0 Å². The Balaban J connectivity index is 1.84. The average molecular weight is 273 g/mol. The van der Waals surface area contributed by atoms with Crippen molar-refractivity contribution in [2.75, 3.05) is 24.5 Å². The Morgan fingerprint density at radius 2 is 2.25 bits per heavy atom. The first-order valence-corrected chi connectivity index (χ1v) is 6.84. The van der Waals surface area contributed by atoms with Gasteiger partial charge in [0.15, 0.2) is 5.82 Å². The van der Waals surface area contributed by atoms with E-state index in [2.05, 4.69) is 32.3 Å². The minimum atomic E-state index is 0.296. The van der Waals surface area contributed by atoms with Crippen molar-refractivity contribution in [1.82, 2.24) is 20.5 Å². The first-order valence-electron chi connectivity index (χ1n) is 6.84. The predicted molar refractivity (Wildman–Crippen MR) is 77.9 cm³/mol. The molecular formula is C14H19N5O. The molecule has 3 N–H and O–H groups in total. The van der Waals surface area contributed by atoms with Crippen LogP contribution in [0.4, 0.5) is 5.95 Å². The number of aromatic amines is 1. The molecule has 1 aliphatic rings. The number of anilines is 1. The second-order valence-electron chi connectivity index (χ2n) is 5.29. The zero-order chi connectivity index (χ0) is 14.1. The Labute approximate surface area is 117 Å². The molecule has 0 unspecified atom stereocenters. The zero-order valence-corrected chi connectivity index (χ0v) is 11.7. The third-order valence-electron chi connectivity index (χ3n) is 3.60. The highest BCUT2D eigenvalue weighted by molar-refractivity contribution is 5.59. The van der Waals surface area contributed by atoms with Crippen LogP contribution < -0.4 is 10.2 Å². The number of piperazine rings is 1. The first-order chi connectivity index (χ1) is 9.63. The van der Waals surface area contributed by atoms with Crippen LogP contribution in [0, 0.1) is 6.92 Å². The van der Waals surface area contributed by atoms with Gasteiger partial charge in [-0.2, -0.15) is 4.98 Å². The van der Waals surface area contributed by atoms with E-state index in [1.807, 2.05) is 19.1 Å².